The highest BCUT2D eigenvalue weighted by molar-refractivity contribution is 6.02. The van der Waals surface area contributed by atoms with Gasteiger partial charge in [0.05, 0.1) is 55.2 Å². The van der Waals surface area contributed by atoms with Gasteiger partial charge in [-0.2, -0.15) is 0 Å². The number of pyridine rings is 1. The Morgan fingerprint density at radius 1 is 0.719 bits per heavy atom. The summed E-state index contributed by atoms with van der Waals surface area (Å²) in [5.74, 6) is 0. The van der Waals surface area contributed by atoms with Crippen LogP contribution < -0.4 is 0 Å². The van der Waals surface area contributed by atoms with Gasteiger partial charge in [-0.3, -0.25) is 30.2 Å². The van der Waals surface area contributed by atoms with E-state index in [1.54, 1.807) is 64.1 Å². The molecule has 0 unspecified atom stereocenters. The highest BCUT2D eigenvalue weighted by atomic mass is 16.6. The molecule has 0 spiro atoms. The van der Waals surface area contributed by atoms with E-state index in [0.717, 1.165) is 0 Å². The van der Waals surface area contributed by atoms with Gasteiger partial charge in [0, 0.05) is 12.1 Å². The van der Waals surface area contributed by atoms with Crippen molar-refractivity contribution in [2.75, 3.05) is 0 Å². The molecule has 32 heavy (non-hydrogen) atoms. The van der Waals surface area contributed by atoms with Crippen LogP contribution in [0.15, 0.2) is 64.6 Å². The fourth-order valence-electron chi connectivity index (χ4n) is 3.17. The molecule has 0 radical (unpaired) electrons. The van der Waals surface area contributed by atoms with Gasteiger partial charge < -0.3 is 0 Å². The molecule has 0 amide bonds. The van der Waals surface area contributed by atoms with Crippen molar-refractivity contribution in [2.45, 2.75) is 27.7 Å². The molecule has 0 N–H and O–H groups in total. The van der Waals surface area contributed by atoms with Crippen molar-refractivity contribution < 1.29 is 9.85 Å². The molecule has 3 aromatic rings. The van der Waals surface area contributed by atoms with Crippen molar-refractivity contribution in [1.82, 2.24) is 4.98 Å². The molecular weight excluding hydrogens is 410 g/mol. The fraction of sp³-hybridized carbons (Fsp3) is 0.174. The van der Waals surface area contributed by atoms with Gasteiger partial charge >= 0.3 is 0 Å². The van der Waals surface area contributed by atoms with Crippen molar-refractivity contribution in [3.63, 3.8) is 0 Å². The van der Waals surface area contributed by atoms with Gasteiger partial charge in [-0.25, -0.2) is 4.98 Å². The Balaban J connectivity index is 1.97. The molecule has 0 aliphatic carbocycles. The van der Waals surface area contributed by atoms with Crippen LogP contribution >= 0.6 is 0 Å². The molecule has 0 saturated carbocycles. The van der Waals surface area contributed by atoms with E-state index < -0.39 is 9.85 Å². The summed E-state index contributed by atoms with van der Waals surface area (Å²) in [6.45, 7) is 6.88. The summed E-state index contributed by atoms with van der Waals surface area (Å²) in [5.41, 5.74) is 4.36. The number of nitro groups is 2. The quantitative estimate of drug-likeness (QED) is 0.277. The van der Waals surface area contributed by atoms with Gasteiger partial charge in [0.15, 0.2) is 0 Å². The Labute approximate surface area is 184 Å². The lowest BCUT2D eigenvalue weighted by Crippen LogP contribution is -2.05. The highest BCUT2D eigenvalue weighted by Gasteiger charge is 2.15. The lowest BCUT2D eigenvalue weighted by atomic mass is 10.1. The monoisotopic (exact) mass is 431 g/mol. The summed E-state index contributed by atoms with van der Waals surface area (Å²) in [5, 5.41) is 22.4. The van der Waals surface area contributed by atoms with Crippen LogP contribution in [0.4, 0.5) is 22.7 Å². The summed E-state index contributed by atoms with van der Waals surface area (Å²) >= 11 is 0. The lowest BCUT2D eigenvalue weighted by molar-refractivity contribution is -0.385. The normalized spacial score (nSPS) is 12.0. The van der Waals surface area contributed by atoms with E-state index in [0.29, 0.717) is 45.3 Å². The molecule has 3 rings (SSSR count). The topological polar surface area (TPSA) is 124 Å². The van der Waals surface area contributed by atoms with Crippen molar-refractivity contribution in [2.24, 2.45) is 9.98 Å². The van der Waals surface area contributed by atoms with Crippen molar-refractivity contribution in [3.05, 3.63) is 97.3 Å². The first-order chi connectivity index (χ1) is 15.2. The lowest BCUT2D eigenvalue weighted by Gasteiger charge is -2.07. The van der Waals surface area contributed by atoms with Crippen molar-refractivity contribution >= 4 is 34.2 Å². The van der Waals surface area contributed by atoms with E-state index in [1.165, 1.54) is 12.1 Å². The number of nitrogens with zero attached hydrogens (tertiary/aromatic N) is 5. The third-order valence-electron chi connectivity index (χ3n) is 5.01. The molecule has 2 aromatic carbocycles. The zero-order chi connectivity index (χ0) is 23.4. The fourth-order valence-corrected chi connectivity index (χ4v) is 3.17. The maximum Gasteiger partial charge on any atom is 0.274 e. The Morgan fingerprint density at radius 2 is 1.09 bits per heavy atom. The van der Waals surface area contributed by atoms with Crippen LogP contribution in [0.3, 0.4) is 0 Å². The maximum absolute atomic E-state index is 11.2. The second kappa shape index (κ2) is 9.25. The number of hydrogen-bond acceptors (Lipinski definition) is 7. The molecule has 1 aromatic heterocycles. The van der Waals surface area contributed by atoms with Crippen LogP contribution in [-0.2, 0) is 0 Å². The van der Waals surface area contributed by atoms with Crippen LogP contribution in [0.2, 0.25) is 0 Å². The van der Waals surface area contributed by atoms with E-state index >= 15 is 0 Å². The largest absolute Gasteiger partial charge is 0.274 e. The van der Waals surface area contributed by atoms with E-state index in [4.69, 9.17) is 0 Å². The average Bonchev–Trinajstić information content (AvgIpc) is 2.76. The first-order valence-corrected chi connectivity index (χ1v) is 9.75. The second-order valence-corrected chi connectivity index (χ2v) is 7.16. The first-order valence-electron chi connectivity index (χ1n) is 9.75. The predicted molar refractivity (Wildman–Crippen MR) is 124 cm³/mol. The Hall–Kier alpha value is -4.27. The molecule has 0 fully saturated rings. The van der Waals surface area contributed by atoms with Crippen molar-refractivity contribution in [1.29, 1.82) is 0 Å². The molecule has 0 atom stereocenters. The summed E-state index contributed by atoms with van der Waals surface area (Å²) in [6, 6.07) is 14.9. The molecule has 9 heteroatoms. The maximum atomic E-state index is 11.2. The number of nitro benzene ring substituents is 2. The molecule has 0 aliphatic rings. The van der Waals surface area contributed by atoms with E-state index in [-0.39, 0.29) is 11.4 Å². The summed E-state index contributed by atoms with van der Waals surface area (Å²) < 4.78 is 0. The zero-order valence-electron chi connectivity index (χ0n) is 18.1. The third kappa shape index (κ3) is 4.72. The van der Waals surface area contributed by atoms with Gasteiger partial charge in [0.25, 0.3) is 11.4 Å². The van der Waals surface area contributed by atoms with E-state index in [1.807, 2.05) is 6.07 Å². The number of aromatic nitrogens is 1. The minimum absolute atomic E-state index is 0.0102. The smallest absolute Gasteiger partial charge is 0.258 e. The molecule has 0 bridgehead atoms. The predicted octanol–water partition coefficient (Wildman–Crippen LogP) is 5.80. The summed E-state index contributed by atoms with van der Waals surface area (Å²) in [4.78, 5) is 35.2. The van der Waals surface area contributed by atoms with Gasteiger partial charge in [0.2, 0.25) is 0 Å². The summed E-state index contributed by atoms with van der Waals surface area (Å²) in [6.07, 6.45) is 0. The third-order valence-corrected chi connectivity index (χ3v) is 5.01. The van der Waals surface area contributed by atoms with E-state index in [9.17, 15) is 20.2 Å². The molecular formula is C23H21N5O4. The number of benzene rings is 2. The SMILES string of the molecule is C/C(=N\c1cccc([N+](=O)[O-])c1C)c1cccc(/C(C)=N/c2cccc([N+](=O)[O-])c2C)n1. The van der Waals surface area contributed by atoms with Gasteiger partial charge in [0.1, 0.15) is 0 Å². The second-order valence-electron chi connectivity index (χ2n) is 7.16. The van der Waals surface area contributed by atoms with Gasteiger partial charge in [-0.1, -0.05) is 18.2 Å². The van der Waals surface area contributed by atoms with Gasteiger partial charge in [-0.15, -0.1) is 0 Å². The van der Waals surface area contributed by atoms with Crippen LogP contribution in [0, 0.1) is 34.1 Å². The van der Waals surface area contributed by atoms with Crippen LogP contribution in [0.1, 0.15) is 36.4 Å². The number of rotatable bonds is 6. The molecule has 1 heterocycles. The Morgan fingerprint density at radius 3 is 1.47 bits per heavy atom. The van der Waals surface area contributed by atoms with Crippen LogP contribution in [0.25, 0.3) is 0 Å². The Bertz CT molecular complexity index is 1190. The average molecular weight is 431 g/mol. The van der Waals surface area contributed by atoms with Crippen LogP contribution in [0.5, 0.6) is 0 Å². The zero-order valence-corrected chi connectivity index (χ0v) is 18.1. The van der Waals surface area contributed by atoms with Crippen LogP contribution in [-0.4, -0.2) is 26.3 Å². The standard InChI is InChI=1S/C23H21N5O4/c1-14-18(8-6-12-22(14)27(29)30)24-16(3)20-10-5-11-21(26-20)17(4)25-19-9-7-13-23(15(19)2)28(31)32/h5-13H,1-4H3/b24-16+,25-17+. The molecule has 0 aliphatic heterocycles. The molecule has 162 valence electrons. The van der Waals surface area contributed by atoms with Crippen molar-refractivity contribution in [3.8, 4) is 0 Å². The van der Waals surface area contributed by atoms with E-state index in [2.05, 4.69) is 15.0 Å². The highest BCUT2D eigenvalue weighted by Crippen LogP contribution is 2.29. The molecule has 0 saturated heterocycles. The Kier molecular flexibility index (Phi) is 6.48. The molecule has 9 nitrogen and oxygen atoms in total. The summed E-state index contributed by atoms with van der Waals surface area (Å²) in [7, 11) is 0. The first kappa shape index (κ1) is 22.4. The minimum atomic E-state index is -0.432. The number of aliphatic imine (C=N–C) groups is 2. The van der Waals surface area contributed by atoms with Gasteiger partial charge in [-0.05, 0) is 52.0 Å². The minimum Gasteiger partial charge on any atom is -0.258 e. The number of hydrogen-bond donors (Lipinski definition) is 0.